The third-order valence-electron chi connectivity index (χ3n) is 2.19. The van der Waals surface area contributed by atoms with Crippen molar-refractivity contribution in [2.45, 2.75) is 19.8 Å². The van der Waals surface area contributed by atoms with Gasteiger partial charge in [0.25, 0.3) is 0 Å². The molecule has 0 aliphatic heterocycles. The van der Waals surface area contributed by atoms with Crippen LogP contribution in [0.2, 0.25) is 0 Å². The smallest absolute Gasteiger partial charge is 0.197 e. The zero-order valence-electron chi connectivity index (χ0n) is 8.08. The lowest BCUT2D eigenvalue weighted by Crippen LogP contribution is -1.92. The molecule has 3 N–H and O–H groups in total. The number of thiophene rings is 1. The fourth-order valence-electron chi connectivity index (χ4n) is 1.46. The van der Waals surface area contributed by atoms with Crippen LogP contribution in [0.3, 0.4) is 0 Å². The maximum atomic E-state index is 5.56. The Bertz CT molecular complexity index is 403. The van der Waals surface area contributed by atoms with E-state index in [1.807, 2.05) is 6.92 Å². The number of aryl methyl sites for hydroxylation is 3. The molecule has 0 atom stereocenters. The van der Waals surface area contributed by atoms with E-state index in [4.69, 9.17) is 5.73 Å². The summed E-state index contributed by atoms with van der Waals surface area (Å²) < 4.78 is 0. The summed E-state index contributed by atoms with van der Waals surface area (Å²) >= 11 is 1.79. The molecule has 0 unspecified atom stereocenters. The van der Waals surface area contributed by atoms with Crippen LogP contribution in [0.4, 0.5) is 5.95 Å². The van der Waals surface area contributed by atoms with Crippen LogP contribution in [0.15, 0.2) is 17.5 Å². The van der Waals surface area contributed by atoms with Crippen LogP contribution < -0.4 is 5.73 Å². The number of nitrogens with zero attached hydrogens (tertiary/aromatic N) is 1. The van der Waals surface area contributed by atoms with Crippen molar-refractivity contribution in [3.63, 3.8) is 0 Å². The van der Waals surface area contributed by atoms with Crippen molar-refractivity contribution < 1.29 is 0 Å². The molecule has 0 radical (unpaired) electrons. The normalized spacial score (nSPS) is 10.6. The maximum absolute atomic E-state index is 5.56. The average molecular weight is 207 g/mol. The molecule has 0 amide bonds. The minimum atomic E-state index is 0.517. The predicted molar refractivity (Wildman–Crippen MR) is 59.5 cm³/mol. The Morgan fingerprint density at radius 2 is 2.36 bits per heavy atom. The zero-order valence-corrected chi connectivity index (χ0v) is 8.90. The number of hydrogen-bond acceptors (Lipinski definition) is 3. The number of nitrogens with two attached hydrogens (primary N) is 1. The molecule has 0 spiro atoms. The van der Waals surface area contributed by atoms with Crippen molar-refractivity contribution in [2.75, 3.05) is 5.73 Å². The fraction of sp³-hybridized carbons (Fsp3) is 0.300. The van der Waals surface area contributed by atoms with E-state index in [9.17, 15) is 0 Å². The summed E-state index contributed by atoms with van der Waals surface area (Å²) in [5.41, 5.74) is 7.73. The quantitative estimate of drug-likeness (QED) is 0.810. The largest absolute Gasteiger partial charge is 0.369 e. The van der Waals surface area contributed by atoms with Crippen molar-refractivity contribution in [1.29, 1.82) is 0 Å². The van der Waals surface area contributed by atoms with Crippen molar-refractivity contribution in [1.82, 2.24) is 9.97 Å². The van der Waals surface area contributed by atoms with Gasteiger partial charge in [-0.2, -0.15) is 0 Å². The van der Waals surface area contributed by atoms with E-state index in [2.05, 4.69) is 27.5 Å². The molecule has 0 aliphatic carbocycles. The topological polar surface area (TPSA) is 54.7 Å². The molecular formula is C10H13N3S. The Hall–Kier alpha value is -1.29. The van der Waals surface area contributed by atoms with Crippen LogP contribution >= 0.6 is 11.3 Å². The highest BCUT2D eigenvalue weighted by molar-refractivity contribution is 7.09. The van der Waals surface area contributed by atoms with E-state index in [0.717, 1.165) is 24.2 Å². The molecule has 2 aromatic rings. The van der Waals surface area contributed by atoms with E-state index >= 15 is 0 Å². The van der Waals surface area contributed by atoms with E-state index in [0.29, 0.717) is 5.95 Å². The molecule has 4 heteroatoms. The predicted octanol–water partition coefficient (Wildman–Crippen LogP) is 2.15. The van der Waals surface area contributed by atoms with Crippen LogP contribution in [0.25, 0.3) is 0 Å². The Labute approximate surface area is 87.0 Å². The van der Waals surface area contributed by atoms with Gasteiger partial charge in [0.15, 0.2) is 5.95 Å². The molecular weight excluding hydrogens is 194 g/mol. The van der Waals surface area contributed by atoms with Gasteiger partial charge in [-0.05, 0) is 31.2 Å². The van der Waals surface area contributed by atoms with Crippen LogP contribution in [0.1, 0.15) is 16.3 Å². The van der Waals surface area contributed by atoms with Crippen molar-refractivity contribution >= 4 is 17.3 Å². The SMILES string of the molecule is Cc1[nH]c(N)nc1CCc1cccs1. The number of nitrogens with one attached hydrogen (secondary N) is 1. The van der Waals surface area contributed by atoms with Gasteiger partial charge in [-0.1, -0.05) is 6.07 Å². The molecule has 14 heavy (non-hydrogen) atoms. The highest BCUT2D eigenvalue weighted by atomic mass is 32.1. The van der Waals surface area contributed by atoms with Crippen molar-refractivity contribution in [2.24, 2.45) is 0 Å². The van der Waals surface area contributed by atoms with E-state index < -0.39 is 0 Å². The maximum Gasteiger partial charge on any atom is 0.197 e. The second-order valence-corrected chi connectivity index (χ2v) is 4.31. The minimum absolute atomic E-state index is 0.517. The van der Waals surface area contributed by atoms with Gasteiger partial charge in [-0.25, -0.2) is 4.98 Å². The summed E-state index contributed by atoms with van der Waals surface area (Å²) in [5.74, 6) is 0.517. The molecule has 2 rings (SSSR count). The molecule has 0 fully saturated rings. The first-order valence-electron chi connectivity index (χ1n) is 4.59. The first-order chi connectivity index (χ1) is 6.75. The third kappa shape index (κ3) is 1.96. The third-order valence-corrected chi connectivity index (χ3v) is 3.13. The first kappa shape index (κ1) is 9.27. The molecule has 0 saturated heterocycles. The zero-order chi connectivity index (χ0) is 9.97. The summed E-state index contributed by atoms with van der Waals surface area (Å²) in [5, 5.41) is 2.10. The van der Waals surface area contributed by atoms with Crippen molar-refractivity contribution in [3.8, 4) is 0 Å². The number of imidazole rings is 1. The molecule has 2 heterocycles. The number of H-pyrrole nitrogens is 1. The lowest BCUT2D eigenvalue weighted by Gasteiger charge is -1.95. The summed E-state index contributed by atoms with van der Waals surface area (Å²) in [7, 11) is 0. The average Bonchev–Trinajstić information content (AvgIpc) is 2.72. The summed E-state index contributed by atoms with van der Waals surface area (Å²) in [4.78, 5) is 8.64. The highest BCUT2D eigenvalue weighted by Gasteiger charge is 2.04. The number of aromatic amines is 1. The number of aromatic nitrogens is 2. The molecule has 74 valence electrons. The first-order valence-corrected chi connectivity index (χ1v) is 5.47. The van der Waals surface area contributed by atoms with Gasteiger partial charge >= 0.3 is 0 Å². The molecule has 0 saturated carbocycles. The van der Waals surface area contributed by atoms with Crippen LogP contribution in [0, 0.1) is 6.92 Å². The number of nitrogen functional groups attached to an aromatic ring is 1. The monoisotopic (exact) mass is 207 g/mol. The summed E-state index contributed by atoms with van der Waals surface area (Å²) in [6, 6.07) is 4.22. The number of rotatable bonds is 3. The molecule has 2 aromatic heterocycles. The van der Waals surface area contributed by atoms with E-state index in [1.165, 1.54) is 4.88 Å². The van der Waals surface area contributed by atoms with Gasteiger partial charge in [-0.15, -0.1) is 11.3 Å². The Morgan fingerprint density at radius 3 is 2.93 bits per heavy atom. The van der Waals surface area contributed by atoms with Gasteiger partial charge in [0.2, 0.25) is 0 Å². The molecule has 0 aromatic carbocycles. The second-order valence-electron chi connectivity index (χ2n) is 3.27. The van der Waals surface area contributed by atoms with Crippen LogP contribution in [-0.4, -0.2) is 9.97 Å². The Kier molecular flexibility index (Phi) is 2.54. The lowest BCUT2D eigenvalue weighted by atomic mass is 10.2. The van der Waals surface area contributed by atoms with Crippen molar-refractivity contribution in [3.05, 3.63) is 33.8 Å². The molecule has 0 aliphatic rings. The van der Waals surface area contributed by atoms with Gasteiger partial charge in [-0.3, -0.25) is 0 Å². The van der Waals surface area contributed by atoms with Crippen LogP contribution in [-0.2, 0) is 12.8 Å². The highest BCUT2D eigenvalue weighted by Crippen LogP contribution is 2.14. The standard InChI is InChI=1S/C10H13N3S/c1-7-9(13-10(11)12-7)5-4-8-3-2-6-14-8/h2-3,6H,4-5H2,1H3,(H3,11,12,13). The lowest BCUT2D eigenvalue weighted by molar-refractivity contribution is 0.930. The van der Waals surface area contributed by atoms with Gasteiger partial charge < -0.3 is 10.7 Å². The molecule has 0 bridgehead atoms. The Morgan fingerprint density at radius 1 is 1.50 bits per heavy atom. The van der Waals surface area contributed by atoms with Gasteiger partial charge in [0.1, 0.15) is 0 Å². The minimum Gasteiger partial charge on any atom is -0.369 e. The fourth-order valence-corrected chi connectivity index (χ4v) is 2.17. The summed E-state index contributed by atoms with van der Waals surface area (Å²) in [6.07, 6.45) is 2.00. The number of anilines is 1. The Balaban J connectivity index is 2.01. The summed E-state index contributed by atoms with van der Waals surface area (Å²) in [6.45, 7) is 2.01. The molecule has 3 nitrogen and oxygen atoms in total. The van der Waals surface area contributed by atoms with Gasteiger partial charge in [0.05, 0.1) is 5.69 Å². The van der Waals surface area contributed by atoms with Gasteiger partial charge in [0, 0.05) is 10.6 Å². The number of hydrogen-bond donors (Lipinski definition) is 2. The van der Waals surface area contributed by atoms with Crippen LogP contribution in [0.5, 0.6) is 0 Å². The van der Waals surface area contributed by atoms with E-state index in [-0.39, 0.29) is 0 Å². The van der Waals surface area contributed by atoms with E-state index in [1.54, 1.807) is 11.3 Å². The second kappa shape index (κ2) is 3.84.